The summed E-state index contributed by atoms with van der Waals surface area (Å²) in [6, 6.07) is 10.5. The van der Waals surface area contributed by atoms with Crippen molar-refractivity contribution in [1.29, 1.82) is 0 Å². The number of amides is 2. The summed E-state index contributed by atoms with van der Waals surface area (Å²) in [6.07, 6.45) is 1.63. The molecule has 100 valence electrons. The van der Waals surface area contributed by atoms with Gasteiger partial charge >= 0.3 is 0 Å². The minimum atomic E-state index is -0.306. The van der Waals surface area contributed by atoms with Crippen LogP contribution < -0.4 is 4.90 Å². The standard InChI is InChI=1S/C16H14N2O2/c1-10(2)11-7-8-17-14(9-11)18-15(19)12-5-3-4-6-13(12)16(18)20/h3-10H,1-2H3. The molecule has 4 nitrogen and oxygen atoms in total. The molecule has 1 aromatic heterocycles. The summed E-state index contributed by atoms with van der Waals surface area (Å²) in [6.45, 7) is 4.11. The Labute approximate surface area is 117 Å². The van der Waals surface area contributed by atoms with E-state index in [2.05, 4.69) is 18.8 Å². The number of fused-ring (bicyclic) bond motifs is 1. The van der Waals surface area contributed by atoms with Crippen LogP contribution in [0.4, 0.5) is 5.82 Å². The summed E-state index contributed by atoms with van der Waals surface area (Å²) >= 11 is 0. The van der Waals surface area contributed by atoms with Gasteiger partial charge in [0.25, 0.3) is 11.8 Å². The van der Waals surface area contributed by atoms with Crippen LogP contribution in [0.15, 0.2) is 42.6 Å². The molecule has 2 aromatic rings. The first-order valence-electron chi connectivity index (χ1n) is 6.53. The Bertz CT molecular complexity index is 672. The third-order valence-electron chi connectivity index (χ3n) is 3.46. The SMILES string of the molecule is CC(C)c1ccnc(N2C(=O)c3ccccc3C2=O)c1. The molecule has 20 heavy (non-hydrogen) atoms. The number of carbonyl (C=O) groups excluding carboxylic acids is 2. The molecule has 2 amide bonds. The molecule has 1 aliphatic rings. The Hall–Kier alpha value is -2.49. The van der Waals surface area contributed by atoms with Gasteiger partial charge in [-0.2, -0.15) is 0 Å². The molecule has 0 unspecified atom stereocenters. The van der Waals surface area contributed by atoms with E-state index < -0.39 is 0 Å². The average molecular weight is 266 g/mol. The predicted octanol–water partition coefficient (Wildman–Crippen LogP) is 3.01. The molecule has 2 heterocycles. The van der Waals surface area contributed by atoms with Crippen molar-refractivity contribution < 1.29 is 9.59 Å². The van der Waals surface area contributed by atoms with E-state index >= 15 is 0 Å². The van der Waals surface area contributed by atoms with Gasteiger partial charge in [0, 0.05) is 6.20 Å². The zero-order chi connectivity index (χ0) is 14.3. The first-order chi connectivity index (χ1) is 9.59. The first-order valence-corrected chi connectivity index (χ1v) is 6.53. The second-order valence-corrected chi connectivity index (χ2v) is 5.09. The van der Waals surface area contributed by atoms with Crippen LogP contribution in [-0.2, 0) is 0 Å². The number of aromatic nitrogens is 1. The van der Waals surface area contributed by atoms with Gasteiger partial charge in [0.05, 0.1) is 11.1 Å². The van der Waals surface area contributed by atoms with Crippen LogP contribution in [-0.4, -0.2) is 16.8 Å². The van der Waals surface area contributed by atoms with E-state index in [0.717, 1.165) is 10.5 Å². The van der Waals surface area contributed by atoms with Gasteiger partial charge in [0.15, 0.2) is 0 Å². The third kappa shape index (κ3) is 1.81. The van der Waals surface area contributed by atoms with Gasteiger partial charge in [0.1, 0.15) is 5.82 Å². The second-order valence-electron chi connectivity index (χ2n) is 5.09. The Kier molecular flexibility index (Phi) is 2.86. The summed E-state index contributed by atoms with van der Waals surface area (Å²) in [5.41, 5.74) is 1.93. The highest BCUT2D eigenvalue weighted by molar-refractivity contribution is 6.34. The molecule has 4 heteroatoms. The lowest BCUT2D eigenvalue weighted by Crippen LogP contribution is -2.30. The molecule has 0 spiro atoms. The maximum Gasteiger partial charge on any atom is 0.267 e. The summed E-state index contributed by atoms with van der Waals surface area (Å²) in [5.74, 6) is 0.0901. The van der Waals surface area contributed by atoms with Crippen molar-refractivity contribution in [2.45, 2.75) is 19.8 Å². The molecule has 0 radical (unpaired) electrons. The number of nitrogens with zero attached hydrogens (tertiary/aromatic N) is 2. The van der Waals surface area contributed by atoms with E-state index in [1.54, 1.807) is 36.5 Å². The van der Waals surface area contributed by atoms with Crippen molar-refractivity contribution in [3.63, 3.8) is 0 Å². The number of benzene rings is 1. The Balaban J connectivity index is 2.07. The third-order valence-corrected chi connectivity index (χ3v) is 3.46. The number of anilines is 1. The van der Waals surface area contributed by atoms with Crippen molar-refractivity contribution in [2.75, 3.05) is 4.90 Å². The number of hydrogen-bond donors (Lipinski definition) is 0. The minimum Gasteiger partial charge on any atom is -0.268 e. The van der Waals surface area contributed by atoms with Crippen LogP contribution in [0.5, 0.6) is 0 Å². The van der Waals surface area contributed by atoms with Gasteiger partial charge in [-0.05, 0) is 35.7 Å². The molecule has 0 fully saturated rings. The average Bonchev–Trinajstić information content (AvgIpc) is 2.72. The smallest absolute Gasteiger partial charge is 0.267 e. The predicted molar refractivity (Wildman–Crippen MR) is 75.9 cm³/mol. The molecule has 1 aliphatic heterocycles. The maximum atomic E-state index is 12.4. The lowest BCUT2D eigenvalue weighted by molar-refractivity contribution is 0.0925. The van der Waals surface area contributed by atoms with Gasteiger partial charge in [0.2, 0.25) is 0 Å². The molecule has 0 saturated heterocycles. The number of imide groups is 1. The minimum absolute atomic E-state index is 0.306. The van der Waals surface area contributed by atoms with Gasteiger partial charge in [-0.15, -0.1) is 0 Å². The monoisotopic (exact) mass is 266 g/mol. The normalized spacial score (nSPS) is 14.1. The fraction of sp³-hybridized carbons (Fsp3) is 0.188. The highest BCUT2D eigenvalue weighted by Gasteiger charge is 2.37. The summed E-state index contributed by atoms with van der Waals surface area (Å²) < 4.78 is 0. The van der Waals surface area contributed by atoms with E-state index in [9.17, 15) is 9.59 Å². The van der Waals surface area contributed by atoms with Gasteiger partial charge in [-0.1, -0.05) is 26.0 Å². The van der Waals surface area contributed by atoms with Crippen molar-refractivity contribution in [3.8, 4) is 0 Å². The van der Waals surface area contributed by atoms with E-state index in [4.69, 9.17) is 0 Å². The molecule has 0 N–H and O–H groups in total. The molecule has 1 aromatic carbocycles. The number of rotatable bonds is 2. The number of pyridine rings is 1. The largest absolute Gasteiger partial charge is 0.268 e. The van der Waals surface area contributed by atoms with Crippen molar-refractivity contribution in [2.24, 2.45) is 0 Å². The van der Waals surface area contributed by atoms with Gasteiger partial charge in [-0.3, -0.25) is 9.59 Å². The zero-order valence-electron chi connectivity index (χ0n) is 11.3. The molecule has 0 aliphatic carbocycles. The Morgan fingerprint density at radius 1 is 1.00 bits per heavy atom. The van der Waals surface area contributed by atoms with Crippen LogP contribution in [0.2, 0.25) is 0 Å². The van der Waals surface area contributed by atoms with Gasteiger partial charge in [-0.25, -0.2) is 9.88 Å². The molecule has 3 rings (SSSR count). The van der Waals surface area contributed by atoms with E-state index in [1.807, 2.05) is 6.07 Å². The van der Waals surface area contributed by atoms with E-state index in [0.29, 0.717) is 22.9 Å². The molecule has 0 saturated carbocycles. The van der Waals surface area contributed by atoms with Crippen molar-refractivity contribution >= 4 is 17.6 Å². The number of carbonyl (C=O) groups is 2. The zero-order valence-corrected chi connectivity index (χ0v) is 11.3. The van der Waals surface area contributed by atoms with Gasteiger partial charge < -0.3 is 0 Å². The summed E-state index contributed by atoms with van der Waals surface area (Å²) in [4.78, 5) is 30.0. The fourth-order valence-corrected chi connectivity index (χ4v) is 2.31. The summed E-state index contributed by atoms with van der Waals surface area (Å²) in [7, 11) is 0. The highest BCUT2D eigenvalue weighted by atomic mass is 16.2. The van der Waals surface area contributed by atoms with Crippen LogP contribution >= 0.6 is 0 Å². The molecular weight excluding hydrogens is 252 g/mol. The molecule has 0 atom stereocenters. The Morgan fingerprint density at radius 2 is 1.60 bits per heavy atom. The Morgan fingerprint density at radius 3 is 2.15 bits per heavy atom. The lowest BCUT2D eigenvalue weighted by Gasteiger charge is -2.14. The lowest BCUT2D eigenvalue weighted by atomic mass is 10.1. The topological polar surface area (TPSA) is 50.3 Å². The van der Waals surface area contributed by atoms with Crippen molar-refractivity contribution in [1.82, 2.24) is 4.98 Å². The molecular formula is C16H14N2O2. The summed E-state index contributed by atoms with van der Waals surface area (Å²) in [5, 5.41) is 0. The second kappa shape index (κ2) is 4.56. The highest BCUT2D eigenvalue weighted by Crippen LogP contribution is 2.28. The molecule has 0 bridgehead atoms. The van der Waals surface area contributed by atoms with Crippen LogP contribution in [0.1, 0.15) is 46.0 Å². The van der Waals surface area contributed by atoms with Crippen LogP contribution in [0.3, 0.4) is 0 Å². The first kappa shape index (κ1) is 12.5. The number of hydrogen-bond acceptors (Lipinski definition) is 3. The van der Waals surface area contributed by atoms with E-state index in [1.165, 1.54) is 0 Å². The van der Waals surface area contributed by atoms with Crippen LogP contribution in [0, 0.1) is 0 Å². The maximum absolute atomic E-state index is 12.4. The van der Waals surface area contributed by atoms with Crippen molar-refractivity contribution in [3.05, 3.63) is 59.3 Å². The fourth-order valence-electron chi connectivity index (χ4n) is 2.31. The van der Waals surface area contributed by atoms with Crippen LogP contribution in [0.25, 0.3) is 0 Å². The quantitative estimate of drug-likeness (QED) is 0.785. The van der Waals surface area contributed by atoms with E-state index in [-0.39, 0.29) is 11.8 Å².